The second kappa shape index (κ2) is 6.66. The highest BCUT2D eigenvalue weighted by Gasteiger charge is 2.36. The van der Waals surface area contributed by atoms with Gasteiger partial charge in [0.15, 0.2) is 0 Å². The Balaban J connectivity index is 4.35. The molecule has 0 spiro atoms. The molecule has 0 fully saturated rings. The third-order valence-corrected chi connectivity index (χ3v) is 4.25. The lowest BCUT2D eigenvalue weighted by molar-refractivity contribution is -0.0840. The van der Waals surface area contributed by atoms with E-state index in [1.165, 1.54) is 13.8 Å². The van der Waals surface area contributed by atoms with Crippen molar-refractivity contribution in [1.29, 1.82) is 0 Å². The smallest absolute Gasteiger partial charge is 0.101 e. The van der Waals surface area contributed by atoms with E-state index in [9.17, 15) is 20.4 Å². The molecule has 4 N–H and O–H groups in total. The molecule has 6 heteroatoms. The van der Waals surface area contributed by atoms with E-state index in [1.54, 1.807) is 0 Å². The summed E-state index contributed by atoms with van der Waals surface area (Å²) in [6, 6.07) is 0. The topological polar surface area (TPSA) is 80.9 Å². The molecule has 0 rings (SSSR count). The van der Waals surface area contributed by atoms with Crippen LogP contribution in [-0.2, 0) is 0 Å². The molecule has 0 aliphatic rings. The number of hydrogen-bond acceptors (Lipinski definition) is 4. The van der Waals surface area contributed by atoms with Gasteiger partial charge in [0.05, 0.1) is 17.8 Å². The van der Waals surface area contributed by atoms with Crippen molar-refractivity contribution >= 4 is 31.9 Å². The standard InChI is InChI=1S/C10H20Br2O4/c1-9(2,15)7(13)3-4-10(16,6-12)8(14)5-11/h7-8,13-16H,3-6H2,1-2H3/t7-,8-,10-/m1/s1. The molecule has 16 heavy (non-hydrogen) atoms. The summed E-state index contributed by atoms with van der Waals surface area (Å²) in [5.41, 5.74) is -2.50. The van der Waals surface area contributed by atoms with Gasteiger partial charge in [-0.1, -0.05) is 31.9 Å². The van der Waals surface area contributed by atoms with Gasteiger partial charge in [-0.05, 0) is 26.7 Å². The molecule has 0 aliphatic carbocycles. The molecule has 0 aliphatic heterocycles. The Morgan fingerprint density at radius 3 is 1.88 bits per heavy atom. The van der Waals surface area contributed by atoms with Crippen LogP contribution in [0.25, 0.3) is 0 Å². The number of halogens is 2. The maximum atomic E-state index is 10.1. The van der Waals surface area contributed by atoms with Gasteiger partial charge in [0.25, 0.3) is 0 Å². The second-order valence-corrected chi connectivity index (χ2v) is 5.82. The molecule has 0 unspecified atom stereocenters. The van der Waals surface area contributed by atoms with Crippen molar-refractivity contribution in [3.8, 4) is 0 Å². The minimum atomic E-state index is -1.30. The van der Waals surface area contributed by atoms with Gasteiger partial charge in [0.1, 0.15) is 5.60 Å². The van der Waals surface area contributed by atoms with Gasteiger partial charge in [-0.3, -0.25) is 0 Å². The lowest BCUT2D eigenvalue weighted by Crippen LogP contribution is -2.47. The van der Waals surface area contributed by atoms with E-state index >= 15 is 0 Å². The number of aliphatic hydroxyl groups is 4. The van der Waals surface area contributed by atoms with E-state index in [-0.39, 0.29) is 23.5 Å². The summed E-state index contributed by atoms with van der Waals surface area (Å²) in [6.07, 6.45) is -1.42. The fourth-order valence-corrected chi connectivity index (χ4v) is 2.46. The zero-order valence-corrected chi connectivity index (χ0v) is 12.7. The van der Waals surface area contributed by atoms with Crippen molar-refractivity contribution in [2.45, 2.75) is 50.1 Å². The summed E-state index contributed by atoms with van der Waals surface area (Å²) in [5.74, 6) is 0. The largest absolute Gasteiger partial charge is 0.390 e. The summed E-state index contributed by atoms with van der Waals surface area (Å²) >= 11 is 6.23. The molecule has 0 bridgehead atoms. The van der Waals surface area contributed by atoms with Crippen LogP contribution in [-0.4, -0.2) is 54.5 Å². The molecule has 4 nitrogen and oxygen atoms in total. The lowest BCUT2D eigenvalue weighted by atomic mass is 9.89. The van der Waals surface area contributed by atoms with Gasteiger partial charge in [-0.15, -0.1) is 0 Å². The summed E-state index contributed by atoms with van der Waals surface area (Å²) in [7, 11) is 0. The third-order valence-electron chi connectivity index (χ3n) is 2.66. The Labute approximate surface area is 113 Å². The molecule has 0 aromatic heterocycles. The molecule has 3 atom stereocenters. The Hall–Kier alpha value is 0.800. The highest BCUT2D eigenvalue weighted by molar-refractivity contribution is 9.09. The summed E-state index contributed by atoms with van der Waals surface area (Å²) in [4.78, 5) is 0. The second-order valence-electron chi connectivity index (χ2n) is 4.62. The Morgan fingerprint density at radius 2 is 1.56 bits per heavy atom. The van der Waals surface area contributed by atoms with Gasteiger partial charge in [-0.25, -0.2) is 0 Å². The fraction of sp³-hybridized carbons (Fsp3) is 1.00. The maximum absolute atomic E-state index is 10.1. The van der Waals surface area contributed by atoms with E-state index in [1.807, 2.05) is 0 Å². The molecule has 0 radical (unpaired) electrons. The number of hydrogen-bond donors (Lipinski definition) is 4. The summed E-state index contributed by atoms with van der Waals surface area (Å²) < 4.78 is 0. The highest BCUT2D eigenvalue weighted by Crippen LogP contribution is 2.25. The minimum absolute atomic E-state index is 0.205. The van der Waals surface area contributed by atoms with Crippen LogP contribution in [0.2, 0.25) is 0 Å². The maximum Gasteiger partial charge on any atom is 0.101 e. The Kier molecular flexibility index (Phi) is 6.99. The molecule has 98 valence electrons. The van der Waals surface area contributed by atoms with Crippen LogP contribution in [0.4, 0.5) is 0 Å². The first-order chi connectivity index (χ1) is 7.17. The Morgan fingerprint density at radius 1 is 1.06 bits per heavy atom. The average Bonchev–Trinajstić information content (AvgIpc) is 2.22. The number of alkyl halides is 2. The van der Waals surface area contributed by atoms with Crippen LogP contribution < -0.4 is 0 Å². The molecular formula is C10H20Br2O4. The fourth-order valence-electron chi connectivity index (χ4n) is 1.21. The first-order valence-electron chi connectivity index (χ1n) is 5.10. The average molecular weight is 364 g/mol. The van der Waals surface area contributed by atoms with Crippen molar-refractivity contribution < 1.29 is 20.4 Å². The minimum Gasteiger partial charge on any atom is -0.390 e. The summed E-state index contributed by atoms with van der Waals surface area (Å²) in [5, 5.41) is 39.3. The van der Waals surface area contributed by atoms with Crippen molar-refractivity contribution in [3.63, 3.8) is 0 Å². The highest BCUT2D eigenvalue weighted by atomic mass is 79.9. The van der Waals surface area contributed by atoms with E-state index in [0.717, 1.165) is 0 Å². The molecule has 0 aromatic carbocycles. The van der Waals surface area contributed by atoms with Crippen LogP contribution in [0.5, 0.6) is 0 Å². The zero-order valence-electron chi connectivity index (χ0n) is 9.53. The van der Waals surface area contributed by atoms with E-state index in [0.29, 0.717) is 0 Å². The van der Waals surface area contributed by atoms with Crippen LogP contribution in [0.15, 0.2) is 0 Å². The molecule has 0 saturated heterocycles. The first kappa shape index (κ1) is 16.8. The number of aliphatic hydroxyl groups excluding tert-OH is 2. The van der Waals surface area contributed by atoms with E-state index in [2.05, 4.69) is 31.9 Å². The van der Waals surface area contributed by atoms with Gasteiger partial charge >= 0.3 is 0 Å². The molecule has 0 aromatic rings. The predicted molar refractivity (Wildman–Crippen MR) is 70.1 cm³/mol. The normalized spacial score (nSPS) is 20.2. The van der Waals surface area contributed by atoms with Gasteiger partial charge in [-0.2, -0.15) is 0 Å². The molecule has 0 heterocycles. The van der Waals surface area contributed by atoms with Gasteiger partial charge in [0.2, 0.25) is 0 Å². The van der Waals surface area contributed by atoms with Crippen LogP contribution in [0.3, 0.4) is 0 Å². The van der Waals surface area contributed by atoms with Crippen molar-refractivity contribution in [3.05, 3.63) is 0 Å². The molecule has 0 amide bonds. The van der Waals surface area contributed by atoms with Gasteiger partial charge in [0, 0.05) is 10.7 Å². The van der Waals surface area contributed by atoms with Crippen molar-refractivity contribution in [1.82, 2.24) is 0 Å². The van der Waals surface area contributed by atoms with Crippen molar-refractivity contribution in [2.24, 2.45) is 0 Å². The quantitative estimate of drug-likeness (QED) is 0.504. The molecular weight excluding hydrogens is 344 g/mol. The number of rotatable bonds is 7. The SMILES string of the molecule is CC(C)(O)[C@H](O)CC[C@@](O)(CBr)[C@H](O)CBr. The van der Waals surface area contributed by atoms with Crippen LogP contribution >= 0.6 is 31.9 Å². The third kappa shape index (κ3) is 4.98. The zero-order chi connectivity index (χ0) is 13.0. The monoisotopic (exact) mass is 362 g/mol. The van der Waals surface area contributed by atoms with Crippen LogP contribution in [0, 0.1) is 0 Å². The lowest BCUT2D eigenvalue weighted by Gasteiger charge is -2.33. The van der Waals surface area contributed by atoms with Crippen molar-refractivity contribution in [2.75, 3.05) is 10.7 Å². The van der Waals surface area contributed by atoms with E-state index < -0.39 is 23.4 Å². The van der Waals surface area contributed by atoms with Gasteiger partial charge < -0.3 is 20.4 Å². The van der Waals surface area contributed by atoms with E-state index in [4.69, 9.17) is 0 Å². The Bertz CT molecular complexity index is 207. The summed E-state index contributed by atoms with van der Waals surface area (Å²) in [6.45, 7) is 3.01. The first-order valence-corrected chi connectivity index (χ1v) is 7.34. The predicted octanol–water partition coefficient (Wildman–Crippen LogP) is 0.780. The van der Waals surface area contributed by atoms with Crippen LogP contribution in [0.1, 0.15) is 26.7 Å². The molecule has 0 saturated carbocycles.